The number of H-pyrrole nitrogens is 1. The smallest absolute Gasteiger partial charge is 0.242 e. The van der Waals surface area contributed by atoms with Crippen LogP contribution in [0, 0.1) is 0 Å². The van der Waals surface area contributed by atoms with Crippen molar-refractivity contribution >= 4 is 45.9 Å². The van der Waals surface area contributed by atoms with Crippen molar-refractivity contribution in [1.82, 2.24) is 14.8 Å². The van der Waals surface area contributed by atoms with Crippen molar-refractivity contribution in [2.75, 3.05) is 33.4 Å². The summed E-state index contributed by atoms with van der Waals surface area (Å²) < 4.78 is 5.18. The molecular weight excluding hydrogens is 509 g/mol. The molecule has 1 heterocycles. The van der Waals surface area contributed by atoms with E-state index in [1.165, 1.54) is 0 Å². The zero-order chi connectivity index (χ0) is 26.6. The third-order valence-electron chi connectivity index (χ3n) is 6.49. The van der Waals surface area contributed by atoms with Gasteiger partial charge >= 0.3 is 0 Å². The second kappa shape index (κ2) is 15.0. The average Bonchev–Trinajstić information content (AvgIpc) is 3.31. The molecule has 0 spiro atoms. The molecule has 0 radical (unpaired) electrons. The van der Waals surface area contributed by atoms with Gasteiger partial charge in [0.2, 0.25) is 11.8 Å². The van der Waals surface area contributed by atoms with Gasteiger partial charge in [-0.15, -0.1) is 0 Å². The number of ether oxygens (including phenoxy) is 1. The highest BCUT2D eigenvalue weighted by Crippen LogP contribution is 2.24. The number of hydrogen-bond acceptors (Lipinski definition) is 3. The minimum absolute atomic E-state index is 0.0176. The largest absolute Gasteiger partial charge is 0.385 e. The lowest BCUT2D eigenvalue weighted by atomic mass is 10.1. The van der Waals surface area contributed by atoms with E-state index in [-0.39, 0.29) is 18.4 Å². The van der Waals surface area contributed by atoms with Gasteiger partial charge in [-0.05, 0) is 48.6 Å². The maximum Gasteiger partial charge on any atom is 0.242 e. The van der Waals surface area contributed by atoms with Crippen LogP contribution in [0.2, 0.25) is 10.0 Å². The molecule has 0 atom stereocenters. The molecule has 3 rings (SSSR count). The van der Waals surface area contributed by atoms with Crippen LogP contribution in [-0.2, 0) is 27.3 Å². The van der Waals surface area contributed by atoms with Gasteiger partial charge in [-0.25, -0.2) is 0 Å². The second-order valence-electron chi connectivity index (χ2n) is 9.29. The highest BCUT2D eigenvalue weighted by molar-refractivity contribution is 6.42. The molecule has 2 aromatic carbocycles. The number of aromatic nitrogens is 1. The van der Waals surface area contributed by atoms with Gasteiger partial charge in [0.15, 0.2) is 0 Å². The van der Waals surface area contributed by atoms with Crippen molar-refractivity contribution in [3.05, 3.63) is 69.8 Å². The van der Waals surface area contributed by atoms with Crippen LogP contribution in [0.1, 0.15) is 50.2 Å². The molecule has 0 aliphatic rings. The molecule has 200 valence electrons. The summed E-state index contributed by atoms with van der Waals surface area (Å²) in [5, 5.41) is 2.08. The van der Waals surface area contributed by atoms with Crippen molar-refractivity contribution in [2.45, 2.75) is 52.0 Å². The predicted molar refractivity (Wildman–Crippen MR) is 151 cm³/mol. The van der Waals surface area contributed by atoms with Crippen LogP contribution in [-0.4, -0.2) is 59.9 Å². The van der Waals surface area contributed by atoms with Crippen molar-refractivity contribution in [2.24, 2.45) is 0 Å². The summed E-state index contributed by atoms with van der Waals surface area (Å²) in [5.74, 6) is -0.0730. The Labute approximate surface area is 229 Å². The number of nitrogens with one attached hydrogen (secondary N) is 1. The molecule has 6 nitrogen and oxygen atoms in total. The molecule has 0 saturated heterocycles. The number of unbranched alkanes of at least 4 members (excludes halogenated alkanes) is 2. The van der Waals surface area contributed by atoms with E-state index in [1.807, 2.05) is 35.4 Å². The van der Waals surface area contributed by atoms with E-state index in [1.54, 1.807) is 24.1 Å². The van der Waals surface area contributed by atoms with Crippen molar-refractivity contribution in [3.8, 4) is 0 Å². The Morgan fingerprint density at radius 2 is 1.76 bits per heavy atom. The van der Waals surface area contributed by atoms with Gasteiger partial charge < -0.3 is 19.5 Å². The Hall–Kier alpha value is -2.54. The number of nitrogens with zero attached hydrogens (tertiary/aromatic N) is 2. The first-order valence-electron chi connectivity index (χ1n) is 13.0. The van der Waals surface area contributed by atoms with Gasteiger partial charge in [-0.3, -0.25) is 9.59 Å². The fourth-order valence-corrected chi connectivity index (χ4v) is 4.70. The first-order valence-corrected chi connectivity index (χ1v) is 13.7. The van der Waals surface area contributed by atoms with Gasteiger partial charge in [0.25, 0.3) is 0 Å². The van der Waals surface area contributed by atoms with Gasteiger partial charge in [-0.1, -0.05) is 67.2 Å². The number of aromatic amines is 1. The third-order valence-corrected chi connectivity index (χ3v) is 7.22. The molecule has 0 saturated carbocycles. The first kappa shape index (κ1) is 29.0. The topological polar surface area (TPSA) is 65.6 Å². The molecule has 37 heavy (non-hydrogen) atoms. The van der Waals surface area contributed by atoms with Crippen molar-refractivity contribution in [1.29, 1.82) is 0 Å². The standard InChI is InChI=1S/C29H37Cl2N3O3/c1-3-4-5-11-28(35)33(15-8-17-37-2)21-29(36)34(20-22-12-13-25(30)26(31)18-22)16-14-23-19-32-27-10-7-6-9-24(23)27/h6-7,9-10,12-13,18-19,32H,3-5,8,11,14-17,20-21H2,1-2H3. The monoisotopic (exact) mass is 545 g/mol. The average molecular weight is 547 g/mol. The SMILES string of the molecule is CCCCCC(=O)N(CCCOC)CC(=O)N(CCc1c[nH]c2ccccc12)Cc1ccc(Cl)c(Cl)c1. The maximum atomic E-state index is 13.6. The van der Waals surface area contributed by atoms with Crippen molar-refractivity contribution in [3.63, 3.8) is 0 Å². The molecule has 1 aromatic heterocycles. The minimum atomic E-state index is -0.0906. The van der Waals surface area contributed by atoms with Crippen molar-refractivity contribution < 1.29 is 14.3 Å². The highest BCUT2D eigenvalue weighted by Gasteiger charge is 2.22. The Bertz CT molecular complexity index is 1160. The van der Waals surface area contributed by atoms with E-state index < -0.39 is 0 Å². The molecule has 1 N–H and O–H groups in total. The van der Waals surface area contributed by atoms with Gasteiger partial charge in [0.05, 0.1) is 16.6 Å². The summed E-state index contributed by atoms with van der Waals surface area (Å²) in [4.78, 5) is 33.4. The summed E-state index contributed by atoms with van der Waals surface area (Å²) in [6.07, 6.45) is 6.70. The number of halogens is 2. The highest BCUT2D eigenvalue weighted by atomic mass is 35.5. The van der Waals surface area contributed by atoms with Crippen LogP contribution < -0.4 is 0 Å². The summed E-state index contributed by atoms with van der Waals surface area (Å²) in [6.45, 7) is 4.09. The lowest BCUT2D eigenvalue weighted by molar-refractivity contribution is -0.141. The molecule has 0 unspecified atom stereocenters. The van der Waals surface area contributed by atoms with E-state index in [4.69, 9.17) is 27.9 Å². The quantitative estimate of drug-likeness (QED) is 0.222. The normalized spacial score (nSPS) is 11.1. The minimum Gasteiger partial charge on any atom is -0.385 e. The van der Waals surface area contributed by atoms with Gasteiger partial charge in [0, 0.05) is 56.9 Å². The molecule has 2 amide bonds. The lowest BCUT2D eigenvalue weighted by Crippen LogP contribution is -2.44. The summed E-state index contributed by atoms with van der Waals surface area (Å²) >= 11 is 12.4. The molecule has 8 heteroatoms. The van der Waals surface area contributed by atoms with Crippen LogP contribution in [0.4, 0.5) is 0 Å². The molecule has 0 aliphatic heterocycles. The number of carbonyl (C=O) groups excluding carboxylic acids is 2. The Balaban J connectivity index is 1.77. The number of hydrogen-bond donors (Lipinski definition) is 1. The molecular formula is C29H37Cl2N3O3. The van der Waals surface area contributed by atoms with Crippen LogP contribution in [0.3, 0.4) is 0 Å². The number of carbonyl (C=O) groups is 2. The number of rotatable bonds is 15. The fourth-order valence-electron chi connectivity index (χ4n) is 4.38. The Morgan fingerprint density at radius 1 is 0.946 bits per heavy atom. The van der Waals surface area contributed by atoms with Gasteiger partial charge in [0.1, 0.15) is 0 Å². The summed E-state index contributed by atoms with van der Waals surface area (Å²) in [6, 6.07) is 13.6. The number of benzene rings is 2. The van der Waals surface area contributed by atoms with Crippen LogP contribution in [0.25, 0.3) is 10.9 Å². The maximum absolute atomic E-state index is 13.6. The van der Waals surface area contributed by atoms with Gasteiger partial charge in [-0.2, -0.15) is 0 Å². The molecule has 0 bridgehead atoms. The van der Waals surface area contributed by atoms with E-state index in [0.717, 1.165) is 41.3 Å². The fraction of sp³-hybridized carbons (Fsp3) is 0.448. The first-order chi connectivity index (χ1) is 17.9. The zero-order valence-corrected chi connectivity index (χ0v) is 23.3. The number of amides is 2. The lowest BCUT2D eigenvalue weighted by Gasteiger charge is -2.28. The Morgan fingerprint density at radius 3 is 2.51 bits per heavy atom. The van der Waals surface area contributed by atoms with E-state index in [2.05, 4.69) is 18.0 Å². The summed E-state index contributed by atoms with van der Waals surface area (Å²) in [7, 11) is 1.64. The molecule has 0 aliphatic carbocycles. The molecule has 0 fully saturated rings. The number of para-hydroxylation sites is 1. The Kier molecular flexibility index (Phi) is 11.8. The number of fused-ring (bicyclic) bond motifs is 1. The van der Waals surface area contributed by atoms with E-state index >= 15 is 0 Å². The van der Waals surface area contributed by atoms with Crippen LogP contribution >= 0.6 is 23.2 Å². The van der Waals surface area contributed by atoms with Crippen LogP contribution in [0.15, 0.2) is 48.7 Å². The third kappa shape index (κ3) is 8.77. The van der Waals surface area contributed by atoms with E-state index in [0.29, 0.717) is 55.5 Å². The van der Waals surface area contributed by atoms with E-state index in [9.17, 15) is 9.59 Å². The summed E-state index contributed by atoms with van der Waals surface area (Å²) in [5.41, 5.74) is 3.11. The molecule has 3 aromatic rings. The van der Waals surface area contributed by atoms with Crippen LogP contribution in [0.5, 0.6) is 0 Å². The second-order valence-corrected chi connectivity index (χ2v) is 10.1. The number of methoxy groups -OCH3 is 1. The predicted octanol–water partition coefficient (Wildman–Crippen LogP) is 6.49. The zero-order valence-electron chi connectivity index (χ0n) is 21.8.